The largest absolute Gasteiger partial charge is 0.493 e. The second kappa shape index (κ2) is 12.4. The van der Waals surface area contributed by atoms with Crippen LogP contribution in [-0.4, -0.2) is 46.8 Å². The lowest BCUT2D eigenvalue weighted by Gasteiger charge is -2.37. The Morgan fingerprint density at radius 3 is 2.25 bits per heavy atom. The van der Waals surface area contributed by atoms with E-state index in [0.29, 0.717) is 50.7 Å². The summed E-state index contributed by atoms with van der Waals surface area (Å²) in [6.07, 6.45) is 0.876. The molecule has 1 heterocycles. The lowest BCUT2D eigenvalue weighted by atomic mass is 9.71. The fourth-order valence-corrected chi connectivity index (χ4v) is 6.03. The topological polar surface area (TPSA) is 92.3 Å². The average Bonchev–Trinajstić information content (AvgIpc) is 2.93. The molecule has 1 aliphatic carbocycles. The fraction of sp³-hybridized carbons (Fsp3) is 0.419. The Kier molecular flexibility index (Phi) is 9.13. The zero-order valence-electron chi connectivity index (χ0n) is 24.0. The number of allylic oxidation sites excluding steroid dienone is 3. The minimum Gasteiger partial charge on any atom is -0.493 e. The van der Waals surface area contributed by atoms with Crippen LogP contribution < -0.4 is 24.3 Å². The monoisotopic (exact) mass is 613 g/mol. The molecule has 1 N–H and O–H groups in total. The van der Waals surface area contributed by atoms with Crippen LogP contribution >= 0.6 is 15.9 Å². The van der Waals surface area contributed by atoms with Crippen LogP contribution in [0.3, 0.4) is 0 Å². The van der Waals surface area contributed by atoms with Crippen molar-refractivity contribution in [1.29, 1.82) is 0 Å². The highest BCUT2D eigenvalue weighted by Crippen LogP contribution is 2.49. The highest BCUT2D eigenvalue weighted by atomic mass is 79.9. The van der Waals surface area contributed by atoms with E-state index in [-0.39, 0.29) is 30.6 Å². The van der Waals surface area contributed by atoms with E-state index in [9.17, 15) is 9.59 Å². The van der Waals surface area contributed by atoms with Gasteiger partial charge in [0, 0.05) is 29.3 Å². The molecule has 2 aliphatic rings. The van der Waals surface area contributed by atoms with Crippen molar-refractivity contribution in [3.63, 3.8) is 0 Å². The van der Waals surface area contributed by atoms with Crippen molar-refractivity contribution < 1.29 is 33.3 Å². The number of carbonyl (C=O) groups excluding carboxylic acids is 2. The van der Waals surface area contributed by atoms with Gasteiger partial charge >= 0.3 is 5.97 Å². The number of esters is 1. The third kappa shape index (κ3) is 5.70. The lowest BCUT2D eigenvalue weighted by molar-refractivity contribution is -0.140. The normalized spacial score (nSPS) is 18.8. The van der Waals surface area contributed by atoms with Gasteiger partial charge in [0.2, 0.25) is 0 Å². The maximum atomic E-state index is 14.0. The minimum absolute atomic E-state index is 0.0360. The molecule has 2 atom stereocenters. The van der Waals surface area contributed by atoms with Crippen molar-refractivity contribution in [3.8, 4) is 23.0 Å². The first-order valence-corrected chi connectivity index (χ1v) is 14.0. The van der Waals surface area contributed by atoms with Gasteiger partial charge in [-0.1, -0.05) is 19.9 Å². The van der Waals surface area contributed by atoms with Crippen LogP contribution in [0.15, 0.2) is 57.3 Å². The summed E-state index contributed by atoms with van der Waals surface area (Å²) in [5, 5.41) is 3.40. The van der Waals surface area contributed by atoms with E-state index < -0.39 is 11.9 Å². The van der Waals surface area contributed by atoms with E-state index in [4.69, 9.17) is 23.7 Å². The van der Waals surface area contributed by atoms with Crippen LogP contribution in [0.1, 0.15) is 56.6 Å². The van der Waals surface area contributed by atoms with Crippen LogP contribution in [0.2, 0.25) is 0 Å². The van der Waals surface area contributed by atoms with E-state index in [2.05, 4.69) is 21.2 Å². The molecule has 40 heavy (non-hydrogen) atoms. The summed E-state index contributed by atoms with van der Waals surface area (Å²) < 4.78 is 28.3. The Labute approximate surface area is 243 Å². The molecule has 2 aromatic carbocycles. The number of hydrogen-bond acceptors (Lipinski definition) is 8. The summed E-state index contributed by atoms with van der Waals surface area (Å²) in [6, 6.07) is 9.44. The van der Waals surface area contributed by atoms with Crippen molar-refractivity contribution >= 4 is 27.7 Å². The number of hydrogen-bond donors (Lipinski definition) is 1. The molecule has 8 nitrogen and oxygen atoms in total. The number of methoxy groups -OCH3 is 4. The Morgan fingerprint density at radius 2 is 1.62 bits per heavy atom. The molecule has 0 unspecified atom stereocenters. The third-order valence-corrected chi connectivity index (χ3v) is 7.85. The highest BCUT2D eigenvalue weighted by Gasteiger charge is 2.42. The van der Waals surface area contributed by atoms with E-state index in [1.54, 1.807) is 28.4 Å². The lowest BCUT2D eigenvalue weighted by Crippen LogP contribution is -2.36. The molecular weight excluding hydrogens is 578 g/mol. The smallest absolute Gasteiger partial charge is 0.336 e. The molecule has 1 aliphatic heterocycles. The Morgan fingerprint density at radius 1 is 0.950 bits per heavy atom. The number of carbonyl (C=O) groups is 2. The van der Waals surface area contributed by atoms with Crippen molar-refractivity contribution in [3.05, 3.63) is 68.5 Å². The zero-order valence-corrected chi connectivity index (χ0v) is 25.6. The number of dihydropyridines is 1. The van der Waals surface area contributed by atoms with Crippen molar-refractivity contribution in [2.75, 3.05) is 35.0 Å². The zero-order chi connectivity index (χ0) is 29.1. The van der Waals surface area contributed by atoms with E-state index >= 15 is 0 Å². The average molecular weight is 615 g/mol. The molecule has 9 heteroatoms. The second-order valence-corrected chi connectivity index (χ2v) is 11.2. The molecule has 0 bridgehead atoms. The van der Waals surface area contributed by atoms with Crippen LogP contribution in [-0.2, 0) is 14.3 Å². The predicted octanol–water partition coefficient (Wildman–Crippen LogP) is 6.04. The molecule has 0 saturated heterocycles. The molecular formula is C31H36BrNO7. The quantitative estimate of drug-likeness (QED) is 0.342. The third-order valence-electron chi connectivity index (χ3n) is 7.26. The molecule has 0 spiro atoms. The van der Waals surface area contributed by atoms with Gasteiger partial charge in [-0.2, -0.15) is 0 Å². The van der Waals surface area contributed by atoms with Gasteiger partial charge in [0.1, 0.15) is 0 Å². The van der Waals surface area contributed by atoms with Crippen LogP contribution in [0.4, 0.5) is 0 Å². The SMILES string of the molecule is COc1ccc([C@@H]2CC(=O)C3=C(C2)NC(C)=C(C(=O)OCC(C)C)[C@H]3c2cc(Br)c(OC)c(OC)c2)cc1OC. The van der Waals surface area contributed by atoms with Gasteiger partial charge in [0.25, 0.3) is 0 Å². The van der Waals surface area contributed by atoms with Gasteiger partial charge in [0.15, 0.2) is 28.8 Å². The Bertz CT molecular complexity index is 1380. The first-order chi connectivity index (χ1) is 19.1. The Balaban J connectivity index is 1.82. The number of ketones is 1. The number of ether oxygens (including phenoxy) is 5. The molecule has 0 saturated carbocycles. The number of halogens is 1. The summed E-state index contributed by atoms with van der Waals surface area (Å²) in [6.45, 7) is 6.09. The van der Waals surface area contributed by atoms with Gasteiger partial charge < -0.3 is 29.0 Å². The molecule has 4 rings (SSSR count). The van der Waals surface area contributed by atoms with Crippen molar-refractivity contribution in [2.24, 2.45) is 5.92 Å². The van der Waals surface area contributed by atoms with Crippen LogP contribution in [0.25, 0.3) is 0 Å². The van der Waals surface area contributed by atoms with Gasteiger partial charge in [-0.05, 0) is 76.5 Å². The minimum atomic E-state index is -0.633. The molecule has 214 valence electrons. The van der Waals surface area contributed by atoms with Crippen molar-refractivity contribution in [2.45, 2.75) is 45.4 Å². The Hall–Kier alpha value is -3.46. The van der Waals surface area contributed by atoms with E-state index in [1.807, 2.05) is 51.1 Å². The molecule has 0 aromatic heterocycles. The van der Waals surface area contributed by atoms with Crippen molar-refractivity contribution in [1.82, 2.24) is 5.32 Å². The van der Waals surface area contributed by atoms with Crippen LogP contribution in [0.5, 0.6) is 23.0 Å². The van der Waals surface area contributed by atoms with E-state index in [0.717, 1.165) is 16.8 Å². The van der Waals surface area contributed by atoms with Gasteiger partial charge in [-0.25, -0.2) is 4.79 Å². The number of rotatable bonds is 9. The van der Waals surface area contributed by atoms with Gasteiger partial charge in [0.05, 0.1) is 45.1 Å². The van der Waals surface area contributed by atoms with Gasteiger partial charge in [-0.15, -0.1) is 0 Å². The first kappa shape index (κ1) is 29.5. The first-order valence-electron chi connectivity index (χ1n) is 13.2. The molecule has 0 fully saturated rings. The summed E-state index contributed by atoms with van der Waals surface area (Å²) in [5.41, 5.74) is 4.14. The fourth-order valence-electron chi connectivity index (χ4n) is 5.41. The predicted molar refractivity (Wildman–Crippen MR) is 155 cm³/mol. The van der Waals surface area contributed by atoms with Crippen LogP contribution in [0, 0.1) is 5.92 Å². The summed E-state index contributed by atoms with van der Waals surface area (Å²) >= 11 is 3.58. The maximum absolute atomic E-state index is 14.0. The molecule has 2 aromatic rings. The highest BCUT2D eigenvalue weighted by molar-refractivity contribution is 9.10. The maximum Gasteiger partial charge on any atom is 0.336 e. The van der Waals surface area contributed by atoms with Gasteiger partial charge in [-0.3, -0.25) is 4.79 Å². The molecule has 0 radical (unpaired) electrons. The number of Topliss-reactive ketones (excluding diaryl/α,β-unsaturated/α-hetero) is 1. The van der Waals surface area contributed by atoms with E-state index in [1.165, 1.54) is 0 Å². The number of benzene rings is 2. The number of nitrogens with one attached hydrogen (secondary N) is 1. The second-order valence-electron chi connectivity index (χ2n) is 10.4. The summed E-state index contributed by atoms with van der Waals surface area (Å²) in [7, 11) is 6.30. The molecule has 0 amide bonds. The summed E-state index contributed by atoms with van der Waals surface area (Å²) in [5.74, 6) is 1.25. The summed E-state index contributed by atoms with van der Waals surface area (Å²) in [4.78, 5) is 27.5. The standard InChI is InChI=1S/C31H36BrNO7/c1-16(2)15-40-31(35)27-17(3)33-22-11-19(18-8-9-24(36-4)25(13-18)37-5)12-23(34)29(22)28(27)20-10-21(32)30(39-7)26(14-20)38-6/h8-10,13-14,16,19,28,33H,11-12,15H2,1-7H3/t19-,28+/m0/s1.